The number of phenolic OH excluding ortho intramolecular Hbond substituents is 1. The van der Waals surface area contributed by atoms with Crippen LogP contribution in [0.1, 0.15) is 17.5 Å². The summed E-state index contributed by atoms with van der Waals surface area (Å²) >= 11 is 0. The van der Waals surface area contributed by atoms with Gasteiger partial charge < -0.3 is 5.11 Å². The Balaban J connectivity index is 1.92. The lowest BCUT2D eigenvalue weighted by Gasteiger charge is -2.02. The molecule has 1 N–H and O–H groups in total. The molecule has 0 amide bonds. The lowest BCUT2D eigenvalue weighted by Crippen LogP contribution is -1.97. The molecule has 20 heavy (non-hydrogen) atoms. The molecular weight excluding hydrogens is 255 g/mol. The molecule has 0 fully saturated rings. The number of aromatic hydroxyl groups is 1. The van der Waals surface area contributed by atoms with Crippen molar-refractivity contribution in [1.82, 2.24) is 0 Å². The van der Waals surface area contributed by atoms with E-state index in [-0.39, 0.29) is 18.0 Å². The standard InChI is InChI=1S/C17H15FO2/c18-15-8-11-17(20)14(12-15)7-10-16(19)9-6-13-4-2-1-3-5-13/h1-6,8-9,11-12,20H,7,10H2/b9-6+. The molecular formula is C17H15FO2. The van der Waals surface area contributed by atoms with Gasteiger partial charge in [-0.1, -0.05) is 36.4 Å². The average molecular weight is 270 g/mol. The number of benzene rings is 2. The molecule has 2 nitrogen and oxygen atoms in total. The van der Waals surface area contributed by atoms with Crippen molar-refractivity contribution >= 4 is 11.9 Å². The Morgan fingerprint density at radius 1 is 1.15 bits per heavy atom. The fourth-order valence-electron chi connectivity index (χ4n) is 1.85. The molecule has 2 aromatic rings. The van der Waals surface area contributed by atoms with E-state index in [2.05, 4.69) is 0 Å². The fraction of sp³-hybridized carbons (Fsp3) is 0.118. The van der Waals surface area contributed by atoms with Gasteiger partial charge in [0.25, 0.3) is 0 Å². The smallest absolute Gasteiger partial charge is 0.156 e. The van der Waals surface area contributed by atoms with Crippen molar-refractivity contribution < 1.29 is 14.3 Å². The molecule has 0 spiro atoms. The van der Waals surface area contributed by atoms with E-state index in [4.69, 9.17) is 0 Å². The Morgan fingerprint density at radius 2 is 1.90 bits per heavy atom. The zero-order chi connectivity index (χ0) is 14.4. The molecule has 0 aliphatic carbocycles. The summed E-state index contributed by atoms with van der Waals surface area (Å²) in [6.07, 6.45) is 3.81. The summed E-state index contributed by atoms with van der Waals surface area (Å²) in [5, 5.41) is 9.56. The molecule has 0 aliphatic heterocycles. The number of allylic oxidation sites excluding steroid dienone is 1. The predicted molar refractivity (Wildman–Crippen MR) is 76.9 cm³/mol. The number of ketones is 1. The first kappa shape index (κ1) is 14.0. The topological polar surface area (TPSA) is 37.3 Å². The van der Waals surface area contributed by atoms with Gasteiger partial charge in [-0.05, 0) is 41.8 Å². The Bertz CT molecular complexity index is 618. The minimum atomic E-state index is -0.412. The van der Waals surface area contributed by atoms with Gasteiger partial charge in [-0.2, -0.15) is 0 Å². The lowest BCUT2D eigenvalue weighted by atomic mass is 10.1. The highest BCUT2D eigenvalue weighted by Crippen LogP contribution is 2.19. The van der Waals surface area contributed by atoms with E-state index in [1.54, 1.807) is 6.08 Å². The Morgan fingerprint density at radius 3 is 2.65 bits per heavy atom. The molecule has 0 aromatic heterocycles. The zero-order valence-corrected chi connectivity index (χ0v) is 10.9. The van der Waals surface area contributed by atoms with E-state index in [9.17, 15) is 14.3 Å². The van der Waals surface area contributed by atoms with Crippen LogP contribution in [0.4, 0.5) is 4.39 Å². The van der Waals surface area contributed by atoms with Crippen LogP contribution in [0.15, 0.2) is 54.6 Å². The second-order valence-corrected chi connectivity index (χ2v) is 4.48. The van der Waals surface area contributed by atoms with E-state index in [0.717, 1.165) is 5.56 Å². The normalized spacial score (nSPS) is 10.8. The van der Waals surface area contributed by atoms with E-state index < -0.39 is 5.82 Å². The first-order valence-electron chi connectivity index (χ1n) is 6.38. The van der Waals surface area contributed by atoms with Crippen LogP contribution in [0.3, 0.4) is 0 Å². The average Bonchev–Trinajstić information content (AvgIpc) is 2.47. The summed E-state index contributed by atoms with van der Waals surface area (Å²) in [4.78, 5) is 11.7. The van der Waals surface area contributed by atoms with E-state index in [1.807, 2.05) is 30.3 Å². The van der Waals surface area contributed by atoms with Crippen molar-refractivity contribution in [2.45, 2.75) is 12.8 Å². The molecule has 3 heteroatoms. The van der Waals surface area contributed by atoms with Gasteiger partial charge in [-0.25, -0.2) is 4.39 Å². The molecule has 0 bridgehead atoms. The molecule has 102 valence electrons. The minimum absolute atomic E-state index is 0.0197. The van der Waals surface area contributed by atoms with E-state index in [0.29, 0.717) is 12.0 Å². The summed E-state index contributed by atoms with van der Waals surface area (Å²) in [6, 6.07) is 13.3. The number of aryl methyl sites for hydroxylation is 1. The van der Waals surface area contributed by atoms with E-state index in [1.165, 1.54) is 24.3 Å². The minimum Gasteiger partial charge on any atom is -0.508 e. The third-order valence-electron chi connectivity index (χ3n) is 2.94. The summed E-state index contributed by atoms with van der Waals surface area (Å²) in [5.74, 6) is -0.450. The van der Waals surface area contributed by atoms with Crippen LogP contribution in [0.25, 0.3) is 6.08 Å². The van der Waals surface area contributed by atoms with Crippen LogP contribution in [0, 0.1) is 5.82 Å². The van der Waals surface area contributed by atoms with Crippen molar-refractivity contribution in [3.63, 3.8) is 0 Å². The highest BCUT2D eigenvalue weighted by Gasteiger charge is 2.05. The molecule has 0 unspecified atom stereocenters. The van der Waals surface area contributed by atoms with Gasteiger partial charge in [0.15, 0.2) is 5.78 Å². The Kier molecular flexibility index (Phi) is 4.66. The van der Waals surface area contributed by atoms with Crippen LogP contribution >= 0.6 is 0 Å². The molecule has 0 atom stereocenters. The van der Waals surface area contributed by atoms with Crippen molar-refractivity contribution in [3.05, 3.63) is 71.6 Å². The number of halogens is 1. The molecule has 2 aromatic carbocycles. The van der Waals surface area contributed by atoms with Gasteiger partial charge in [-0.15, -0.1) is 0 Å². The van der Waals surface area contributed by atoms with Crippen LogP contribution in [-0.2, 0) is 11.2 Å². The summed E-state index contributed by atoms with van der Waals surface area (Å²) < 4.78 is 13.0. The summed E-state index contributed by atoms with van der Waals surface area (Å²) in [7, 11) is 0. The quantitative estimate of drug-likeness (QED) is 0.840. The number of rotatable bonds is 5. The SMILES string of the molecule is O=C(/C=C/c1ccccc1)CCc1cc(F)ccc1O. The second-order valence-electron chi connectivity index (χ2n) is 4.48. The third kappa shape index (κ3) is 4.05. The van der Waals surface area contributed by atoms with Gasteiger partial charge in [0, 0.05) is 6.42 Å². The molecule has 0 heterocycles. The molecule has 2 rings (SSSR count). The van der Waals surface area contributed by atoms with Gasteiger partial charge in [0.1, 0.15) is 11.6 Å². The van der Waals surface area contributed by atoms with Crippen LogP contribution in [0.2, 0.25) is 0 Å². The lowest BCUT2D eigenvalue weighted by molar-refractivity contribution is -0.114. The van der Waals surface area contributed by atoms with Crippen molar-refractivity contribution in [2.24, 2.45) is 0 Å². The number of hydrogen-bond acceptors (Lipinski definition) is 2. The zero-order valence-electron chi connectivity index (χ0n) is 10.9. The highest BCUT2D eigenvalue weighted by atomic mass is 19.1. The largest absolute Gasteiger partial charge is 0.508 e. The van der Waals surface area contributed by atoms with Gasteiger partial charge in [0.2, 0.25) is 0 Å². The van der Waals surface area contributed by atoms with E-state index >= 15 is 0 Å². The third-order valence-corrected chi connectivity index (χ3v) is 2.94. The first-order chi connectivity index (χ1) is 9.65. The number of phenols is 1. The second kappa shape index (κ2) is 6.66. The van der Waals surface area contributed by atoms with Crippen LogP contribution in [-0.4, -0.2) is 10.9 Å². The fourth-order valence-corrected chi connectivity index (χ4v) is 1.85. The highest BCUT2D eigenvalue weighted by molar-refractivity contribution is 5.93. The van der Waals surface area contributed by atoms with Crippen LogP contribution in [0.5, 0.6) is 5.75 Å². The number of carbonyl (C=O) groups excluding carboxylic acids is 1. The van der Waals surface area contributed by atoms with Crippen molar-refractivity contribution in [3.8, 4) is 5.75 Å². The molecule has 0 saturated carbocycles. The number of hydrogen-bond donors (Lipinski definition) is 1. The monoisotopic (exact) mass is 270 g/mol. The maximum atomic E-state index is 13.0. The summed E-state index contributed by atoms with van der Waals surface area (Å²) in [6.45, 7) is 0. The summed E-state index contributed by atoms with van der Waals surface area (Å²) in [5.41, 5.74) is 1.40. The van der Waals surface area contributed by atoms with Crippen molar-refractivity contribution in [2.75, 3.05) is 0 Å². The maximum absolute atomic E-state index is 13.0. The predicted octanol–water partition coefficient (Wildman–Crippen LogP) is 3.75. The molecule has 0 aliphatic rings. The van der Waals surface area contributed by atoms with Crippen LogP contribution < -0.4 is 0 Å². The van der Waals surface area contributed by atoms with Gasteiger partial charge in [-0.3, -0.25) is 4.79 Å². The van der Waals surface area contributed by atoms with Crippen molar-refractivity contribution in [1.29, 1.82) is 0 Å². The molecule has 0 saturated heterocycles. The Labute approximate surface area is 117 Å². The van der Waals surface area contributed by atoms with Gasteiger partial charge >= 0.3 is 0 Å². The molecule has 0 radical (unpaired) electrons. The first-order valence-corrected chi connectivity index (χ1v) is 6.38. The number of carbonyl (C=O) groups is 1. The maximum Gasteiger partial charge on any atom is 0.156 e. The van der Waals surface area contributed by atoms with Gasteiger partial charge in [0.05, 0.1) is 0 Å². The Hall–Kier alpha value is -2.42.